The topological polar surface area (TPSA) is 134 Å². The molecule has 0 aliphatic heterocycles. The molecule has 294 valence electrons. The molecule has 0 aromatic carbocycles. The van der Waals surface area contributed by atoms with E-state index in [0.29, 0.717) is 12.8 Å². The summed E-state index contributed by atoms with van der Waals surface area (Å²) in [5, 5.41) is 0. The van der Waals surface area contributed by atoms with Crippen LogP contribution >= 0.6 is 7.82 Å². The van der Waals surface area contributed by atoms with Gasteiger partial charge in [0.05, 0.1) is 13.2 Å². The van der Waals surface area contributed by atoms with E-state index in [1.165, 1.54) is 38.5 Å². The molecule has 10 heteroatoms. The van der Waals surface area contributed by atoms with Crippen molar-refractivity contribution < 1.29 is 37.6 Å². The number of carbonyl (C=O) groups is 2. The second-order valence-electron chi connectivity index (χ2n) is 12.8. The third kappa shape index (κ3) is 37.3. The summed E-state index contributed by atoms with van der Waals surface area (Å²) in [6, 6.07) is 0. The average Bonchev–Trinajstić information content (AvgIpc) is 3.11. The summed E-state index contributed by atoms with van der Waals surface area (Å²) in [7, 11) is -4.38. The van der Waals surface area contributed by atoms with E-state index in [1.807, 2.05) is 0 Å². The van der Waals surface area contributed by atoms with Crippen molar-refractivity contribution >= 4 is 19.8 Å². The summed E-state index contributed by atoms with van der Waals surface area (Å²) in [6.07, 6.45) is 42.5. The summed E-state index contributed by atoms with van der Waals surface area (Å²) in [4.78, 5) is 34.7. The maximum Gasteiger partial charge on any atom is 0.472 e. The van der Waals surface area contributed by atoms with E-state index in [2.05, 4.69) is 74.6 Å². The third-order valence-electron chi connectivity index (χ3n) is 7.88. The Hall–Kier alpha value is -2.29. The van der Waals surface area contributed by atoms with Crippen LogP contribution in [0.25, 0.3) is 0 Å². The minimum atomic E-state index is -4.38. The van der Waals surface area contributed by atoms with E-state index in [1.54, 1.807) is 0 Å². The van der Waals surface area contributed by atoms with E-state index in [9.17, 15) is 19.0 Å². The Labute approximate surface area is 310 Å². The fourth-order valence-corrected chi connectivity index (χ4v) is 5.66. The Kier molecular flexibility index (Phi) is 35.8. The normalized spacial score (nSPS) is 14.0. The number of ether oxygens (including phenoxy) is 2. The number of carbonyl (C=O) groups excluding carboxylic acids is 2. The Morgan fingerprint density at radius 1 is 0.588 bits per heavy atom. The SMILES string of the molecule is CCCC/C=C/CCCCCCCC(=O)O[C@@H](COC(=O)CCCCC/C=C/C/C=C/C/C=C/C/C=C/CCCCC)COP(=O)(O)OCCN. The molecular formula is C41H72NO8P. The van der Waals surface area contributed by atoms with Crippen LogP contribution in [0.2, 0.25) is 0 Å². The molecule has 0 heterocycles. The predicted octanol–water partition coefficient (Wildman–Crippen LogP) is 10.9. The molecule has 0 fully saturated rings. The number of phosphoric acid groups is 1. The minimum Gasteiger partial charge on any atom is -0.462 e. The highest BCUT2D eigenvalue weighted by Gasteiger charge is 2.25. The van der Waals surface area contributed by atoms with Crippen molar-refractivity contribution in [2.45, 2.75) is 161 Å². The van der Waals surface area contributed by atoms with Gasteiger partial charge < -0.3 is 20.1 Å². The first-order valence-electron chi connectivity index (χ1n) is 19.8. The molecule has 0 spiro atoms. The highest BCUT2D eigenvalue weighted by Crippen LogP contribution is 2.43. The maximum absolute atomic E-state index is 12.5. The number of nitrogens with two attached hydrogens (primary N) is 1. The van der Waals surface area contributed by atoms with E-state index >= 15 is 0 Å². The van der Waals surface area contributed by atoms with Gasteiger partial charge in [-0.1, -0.05) is 126 Å². The van der Waals surface area contributed by atoms with Crippen LogP contribution in [0.3, 0.4) is 0 Å². The summed E-state index contributed by atoms with van der Waals surface area (Å²) in [6.45, 7) is 3.59. The van der Waals surface area contributed by atoms with Crippen molar-refractivity contribution in [1.82, 2.24) is 0 Å². The van der Waals surface area contributed by atoms with Gasteiger partial charge in [0.25, 0.3) is 0 Å². The van der Waals surface area contributed by atoms with Crippen LogP contribution in [0, 0.1) is 0 Å². The van der Waals surface area contributed by atoms with Crippen LogP contribution in [0.15, 0.2) is 60.8 Å². The van der Waals surface area contributed by atoms with E-state index in [0.717, 1.165) is 77.0 Å². The second-order valence-corrected chi connectivity index (χ2v) is 14.2. The smallest absolute Gasteiger partial charge is 0.462 e. The van der Waals surface area contributed by atoms with Gasteiger partial charge in [-0.3, -0.25) is 18.6 Å². The molecule has 2 atom stereocenters. The molecule has 9 nitrogen and oxygen atoms in total. The van der Waals surface area contributed by atoms with Crippen LogP contribution in [0.4, 0.5) is 0 Å². The molecule has 0 aliphatic rings. The number of phosphoric ester groups is 1. The first-order chi connectivity index (χ1) is 24.8. The number of esters is 2. The molecule has 0 saturated carbocycles. The lowest BCUT2D eigenvalue weighted by Crippen LogP contribution is -2.29. The number of hydrogen-bond donors (Lipinski definition) is 2. The molecule has 0 aromatic heterocycles. The molecule has 0 aliphatic carbocycles. The van der Waals surface area contributed by atoms with Crippen LogP contribution in [0.1, 0.15) is 155 Å². The van der Waals surface area contributed by atoms with E-state index < -0.39 is 32.5 Å². The molecule has 3 N–H and O–H groups in total. The zero-order valence-corrected chi connectivity index (χ0v) is 33.0. The highest BCUT2D eigenvalue weighted by molar-refractivity contribution is 7.47. The van der Waals surface area contributed by atoms with Gasteiger partial charge in [-0.15, -0.1) is 0 Å². The summed E-state index contributed by atoms with van der Waals surface area (Å²) < 4.78 is 32.6. The van der Waals surface area contributed by atoms with Crippen molar-refractivity contribution in [3.8, 4) is 0 Å². The Morgan fingerprint density at radius 2 is 1.04 bits per heavy atom. The summed E-state index contributed by atoms with van der Waals surface area (Å²) in [5.74, 6) is -0.883. The number of rotatable bonds is 36. The summed E-state index contributed by atoms with van der Waals surface area (Å²) >= 11 is 0. The first-order valence-corrected chi connectivity index (χ1v) is 21.3. The van der Waals surface area contributed by atoms with Crippen molar-refractivity contribution in [2.75, 3.05) is 26.4 Å². The van der Waals surface area contributed by atoms with Crippen LogP contribution < -0.4 is 5.73 Å². The highest BCUT2D eigenvalue weighted by atomic mass is 31.2. The number of hydrogen-bond acceptors (Lipinski definition) is 8. The van der Waals surface area contributed by atoms with Gasteiger partial charge in [0.15, 0.2) is 6.10 Å². The Bertz CT molecular complexity index is 1020. The molecule has 0 bridgehead atoms. The maximum atomic E-state index is 12.5. The monoisotopic (exact) mass is 737 g/mol. The number of unbranched alkanes of at least 4 members (excludes halogenated alkanes) is 13. The van der Waals surface area contributed by atoms with Crippen LogP contribution in [-0.2, 0) is 32.7 Å². The van der Waals surface area contributed by atoms with Crippen molar-refractivity contribution in [1.29, 1.82) is 0 Å². The zero-order chi connectivity index (χ0) is 37.5. The predicted molar refractivity (Wildman–Crippen MR) is 210 cm³/mol. The van der Waals surface area contributed by atoms with E-state index in [-0.39, 0.29) is 32.6 Å². The lowest BCUT2D eigenvalue weighted by molar-refractivity contribution is -0.161. The van der Waals surface area contributed by atoms with Crippen LogP contribution in [-0.4, -0.2) is 49.3 Å². The molecule has 0 rings (SSSR count). The zero-order valence-electron chi connectivity index (χ0n) is 32.1. The van der Waals surface area contributed by atoms with Gasteiger partial charge >= 0.3 is 19.8 Å². The van der Waals surface area contributed by atoms with Gasteiger partial charge in [0.2, 0.25) is 0 Å². The molecule has 0 radical (unpaired) electrons. The van der Waals surface area contributed by atoms with Crippen molar-refractivity contribution in [3.63, 3.8) is 0 Å². The largest absolute Gasteiger partial charge is 0.472 e. The molecule has 0 saturated heterocycles. The molecule has 0 aromatic rings. The van der Waals surface area contributed by atoms with Gasteiger partial charge in [-0.25, -0.2) is 4.57 Å². The molecular weight excluding hydrogens is 665 g/mol. The van der Waals surface area contributed by atoms with Gasteiger partial charge in [0, 0.05) is 19.4 Å². The first kappa shape index (κ1) is 48.7. The lowest BCUT2D eigenvalue weighted by Gasteiger charge is -2.19. The van der Waals surface area contributed by atoms with Crippen molar-refractivity contribution in [3.05, 3.63) is 60.8 Å². The molecule has 51 heavy (non-hydrogen) atoms. The molecule has 1 unspecified atom stereocenters. The second kappa shape index (κ2) is 37.5. The Balaban J connectivity index is 4.26. The number of allylic oxidation sites excluding steroid dienone is 10. The molecule has 0 amide bonds. The Morgan fingerprint density at radius 3 is 1.61 bits per heavy atom. The van der Waals surface area contributed by atoms with Gasteiger partial charge in [-0.2, -0.15) is 0 Å². The van der Waals surface area contributed by atoms with E-state index in [4.69, 9.17) is 24.3 Å². The van der Waals surface area contributed by atoms with Crippen molar-refractivity contribution in [2.24, 2.45) is 5.73 Å². The van der Waals surface area contributed by atoms with Crippen LogP contribution in [0.5, 0.6) is 0 Å². The lowest BCUT2D eigenvalue weighted by atomic mass is 10.1. The fraction of sp³-hybridized carbons (Fsp3) is 0.707. The summed E-state index contributed by atoms with van der Waals surface area (Å²) in [5.41, 5.74) is 5.33. The minimum absolute atomic E-state index is 0.0448. The quantitative estimate of drug-likeness (QED) is 0.0279. The fourth-order valence-electron chi connectivity index (χ4n) is 4.89. The third-order valence-corrected chi connectivity index (χ3v) is 8.86. The van der Waals surface area contributed by atoms with Gasteiger partial charge in [0.1, 0.15) is 6.61 Å². The van der Waals surface area contributed by atoms with Gasteiger partial charge in [-0.05, 0) is 77.0 Å². The standard InChI is InChI=1S/C41H72NO8P/c1-3-5-7-9-11-13-15-16-17-18-19-20-21-22-24-25-27-29-31-33-40(43)47-37-39(38-49-51(45,46)48-36-35-42)50-41(44)34-32-30-28-26-23-14-12-10-8-6-4-2/h10-13,16-17,19-20,22,24,39H,3-9,14-15,18,21,23,25-38,42H2,1-2H3,(H,45,46)/b12-10+,13-11+,17-16+,20-19+,24-22+/t39-/m0/s1. The average molecular weight is 738 g/mol.